The first-order valence-electron chi connectivity index (χ1n) is 6.82. The third kappa shape index (κ3) is 4.54. The number of aryl methyl sites for hydroxylation is 2. The molecule has 0 aliphatic carbocycles. The van der Waals surface area contributed by atoms with E-state index in [0.717, 1.165) is 5.56 Å². The van der Waals surface area contributed by atoms with Crippen LogP contribution in [0.4, 0.5) is 0 Å². The molecular formula is C14H17ClN4O3S. The third-order valence-corrected chi connectivity index (χ3v) is 5.07. The van der Waals surface area contributed by atoms with Gasteiger partial charge in [-0.25, -0.2) is 13.1 Å². The summed E-state index contributed by atoms with van der Waals surface area (Å²) in [6, 6.07) is 7.00. The number of nitrogens with one attached hydrogen (secondary N) is 3. The number of aromatic amines is 1. The average Bonchev–Trinajstić information content (AvgIpc) is 2.84. The third-order valence-electron chi connectivity index (χ3n) is 3.15. The van der Waals surface area contributed by atoms with E-state index >= 15 is 0 Å². The summed E-state index contributed by atoms with van der Waals surface area (Å²) in [5.74, 6) is -0.428. The molecule has 2 rings (SSSR count). The molecule has 0 atom stereocenters. The Balaban J connectivity index is 1.90. The maximum atomic E-state index is 12.2. The fourth-order valence-electron chi connectivity index (χ4n) is 2.03. The first-order valence-corrected chi connectivity index (χ1v) is 8.68. The van der Waals surface area contributed by atoms with E-state index in [0.29, 0.717) is 23.0 Å². The second kappa shape index (κ2) is 7.12. The summed E-state index contributed by atoms with van der Waals surface area (Å²) >= 11 is 5.78. The predicted octanol–water partition coefficient (Wildman–Crippen LogP) is 1.27. The minimum atomic E-state index is -3.78. The van der Waals surface area contributed by atoms with Gasteiger partial charge in [0.2, 0.25) is 15.9 Å². The van der Waals surface area contributed by atoms with Crippen LogP contribution in [0.2, 0.25) is 5.02 Å². The second-order valence-corrected chi connectivity index (χ2v) is 7.13. The maximum Gasteiger partial charge on any atom is 0.244 e. The van der Waals surface area contributed by atoms with E-state index in [2.05, 4.69) is 20.2 Å². The standard InChI is InChI=1S/C14H17ClN4O3S/c1-9-14(10(2)19-18-9)23(21,22)17-8-13(20)16-7-11-3-5-12(15)6-4-11/h3-6,17H,7-8H2,1-2H3,(H,16,20)(H,18,19). The van der Waals surface area contributed by atoms with Crippen LogP contribution < -0.4 is 10.0 Å². The number of carbonyl (C=O) groups is 1. The van der Waals surface area contributed by atoms with Crippen molar-refractivity contribution in [1.29, 1.82) is 0 Å². The maximum absolute atomic E-state index is 12.2. The van der Waals surface area contributed by atoms with Crippen LogP contribution in [0.1, 0.15) is 17.0 Å². The molecule has 3 N–H and O–H groups in total. The molecule has 1 aromatic heterocycles. The van der Waals surface area contributed by atoms with E-state index in [4.69, 9.17) is 11.6 Å². The van der Waals surface area contributed by atoms with Gasteiger partial charge in [0, 0.05) is 11.6 Å². The molecule has 0 aliphatic heterocycles. The molecular weight excluding hydrogens is 340 g/mol. The zero-order valence-electron chi connectivity index (χ0n) is 12.7. The number of amides is 1. The monoisotopic (exact) mass is 356 g/mol. The van der Waals surface area contributed by atoms with Gasteiger partial charge in [0.25, 0.3) is 0 Å². The summed E-state index contributed by atoms with van der Waals surface area (Å²) in [7, 11) is -3.78. The molecule has 0 fully saturated rings. The minimum absolute atomic E-state index is 0.0722. The number of halogens is 1. The molecule has 1 heterocycles. The van der Waals surface area contributed by atoms with E-state index < -0.39 is 15.9 Å². The topological polar surface area (TPSA) is 104 Å². The lowest BCUT2D eigenvalue weighted by molar-refractivity contribution is -0.120. The van der Waals surface area contributed by atoms with Crippen LogP contribution >= 0.6 is 11.6 Å². The fraction of sp³-hybridized carbons (Fsp3) is 0.286. The zero-order chi connectivity index (χ0) is 17.0. The van der Waals surface area contributed by atoms with Crippen LogP contribution in [-0.2, 0) is 21.4 Å². The highest BCUT2D eigenvalue weighted by Crippen LogP contribution is 2.15. The van der Waals surface area contributed by atoms with Crippen LogP contribution in [0.3, 0.4) is 0 Å². The van der Waals surface area contributed by atoms with E-state index in [1.54, 1.807) is 38.1 Å². The summed E-state index contributed by atoms with van der Waals surface area (Å²) < 4.78 is 26.6. The number of aromatic nitrogens is 2. The van der Waals surface area contributed by atoms with Crippen LogP contribution in [-0.4, -0.2) is 31.1 Å². The largest absolute Gasteiger partial charge is 0.351 e. The molecule has 0 aliphatic rings. The van der Waals surface area contributed by atoms with Crippen molar-refractivity contribution in [2.45, 2.75) is 25.3 Å². The molecule has 9 heteroatoms. The van der Waals surface area contributed by atoms with Crippen molar-refractivity contribution in [3.63, 3.8) is 0 Å². The van der Waals surface area contributed by atoms with Crippen molar-refractivity contribution in [2.75, 3.05) is 6.54 Å². The number of sulfonamides is 1. The predicted molar refractivity (Wildman–Crippen MR) is 86.5 cm³/mol. The number of nitrogens with zero attached hydrogens (tertiary/aromatic N) is 1. The molecule has 7 nitrogen and oxygen atoms in total. The van der Waals surface area contributed by atoms with E-state index in [1.807, 2.05) is 0 Å². The van der Waals surface area contributed by atoms with Crippen LogP contribution in [0.5, 0.6) is 0 Å². The summed E-state index contributed by atoms with van der Waals surface area (Å²) in [4.78, 5) is 11.9. The average molecular weight is 357 g/mol. The molecule has 0 bridgehead atoms. The number of benzene rings is 1. The SMILES string of the molecule is Cc1n[nH]c(C)c1S(=O)(=O)NCC(=O)NCc1ccc(Cl)cc1. The van der Waals surface area contributed by atoms with Crippen LogP contribution in [0.25, 0.3) is 0 Å². The van der Waals surface area contributed by atoms with Gasteiger partial charge in [0.1, 0.15) is 4.90 Å². The summed E-state index contributed by atoms with van der Waals surface area (Å²) in [5, 5.41) is 9.68. The lowest BCUT2D eigenvalue weighted by Gasteiger charge is -2.08. The molecule has 124 valence electrons. The Bertz CT molecular complexity index is 780. The first kappa shape index (κ1) is 17.5. The fourth-order valence-corrected chi connectivity index (χ4v) is 3.51. The van der Waals surface area contributed by atoms with Gasteiger partial charge in [-0.05, 0) is 31.5 Å². The van der Waals surface area contributed by atoms with Crippen molar-refractivity contribution in [2.24, 2.45) is 0 Å². The number of hydrogen-bond donors (Lipinski definition) is 3. The van der Waals surface area contributed by atoms with Crippen molar-refractivity contribution >= 4 is 27.5 Å². The summed E-state index contributed by atoms with van der Waals surface area (Å²) in [6.07, 6.45) is 0. The van der Waals surface area contributed by atoms with Crippen molar-refractivity contribution in [3.8, 4) is 0 Å². The van der Waals surface area contributed by atoms with E-state index in [9.17, 15) is 13.2 Å². The Morgan fingerprint density at radius 3 is 2.48 bits per heavy atom. The summed E-state index contributed by atoms with van der Waals surface area (Å²) in [5.41, 5.74) is 1.65. The molecule has 0 spiro atoms. The zero-order valence-corrected chi connectivity index (χ0v) is 14.3. The van der Waals surface area contributed by atoms with Gasteiger partial charge in [-0.15, -0.1) is 0 Å². The normalized spacial score (nSPS) is 11.4. The number of carbonyl (C=O) groups excluding carboxylic acids is 1. The quantitative estimate of drug-likeness (QED) is 0.725. The molecule has 23 heavy (non-hydrogen) atoms. The van der Waals surface area contributed by atoms with Gasteiger partial charge in [0.15, 0.2) is 0 Å². The Hall–Kier alpha value is -1.90. The first-order chi connectivity index (χ1) is 10.8. The smallest absolute Gasteiger partial charge is 0.244 e. The van der Waals surface area contributed by atoms with Gasteiger partial charge in [-0.2, -0.15) is 5.10 Å². The Labute approximate surface area is 139 Å². The lowest BCUT2D eigenvalue weighted by atomic mass is 10.2. The van der Waals surface area contributed by atoms with Gasteiger partial charge < -0.3 is 5.32 Å². The highest BCUT2D eigenvalue weighted by Gasteiger charge is 2.22. The Morgan fingerprint density at radius 2 is 1.91 bits per heavy atom. The molecule has 0 saturated heterocycles. The number of H-pyrrole nitrogens is 1. The van der Waals surface area contributed by atoms with Gasteiger partial charge >= 0.3 is 0 Å². The highest BCUT2D eigenvalue weighted by atomic mass is 35.5. The summed E-state index contributed by atoms with van der Waals surface area (Å²) in [6.45, 7) is 3.13. The Kier molecular flexibility index (Phi) is 5.40. The molecule has 2 aromatic rings. The molecule has 0 saturated carbocycles. The lowest BCUT2D eigenvalue weighted by Crippen LogP contribution is -2.36. The van der Waals surface area contributed by atoms with Crippen LogP contribution in [0.15, 0.2) is 29.2 Å². The molecule has 1 amide bonds. The minimum Gasteiger partial charge on any atom is -0.351 e. The molecule has 1 aromatic carbocycles. The van der Waals surface area contributed by atoms with Crippen molar-refractivity contribution in [3.05, 3.63) is 46.2 Å². The van der Waals surface area contributed by atoms with Gasteiger partial charge in [-0.1, -0.05) is 23.7 Å². The number of hydrogen-bond acceptors (Lipinski definition) is 4. The van der Waals surface area contributed by atoms with Crippen molar-refractivity contribution < 1.29 is 13.2 Å². The Morgan fingerprint density at radius 1 is 1.26 bits per heavy atom. The molecule has 0 unspecified atom stereocenters. The second-order valence-electron chi connectivity index (χ2n) is 4.99. The van der Waals surface area contributed by atoms with Gasteiger partial charge in [0.05, 0.1) is 17.9 Å². The number of rotatable bonds is 6. The van der Waals surface area contributed by atoms with Crippen molar-refractivity contribution in [1.82, 2.24) is 20.2 Å². The molecule has 0 radical (unpaired) electrons. The van der Waals surface area contributed by atoms with E-state index in [-0.39, 0.29) is 11.4 Å². The van der Waals surface area contributed by atoms with Gasteiger partial charge in [-0.3, -0.25) is 9.89 Å². The van der Waals surface area contributed by atoms with E-state index in [1.165, 1.54) is 0 Å². The highest BCUT2D eigenvalue weighted by molar-refractivity contribution is 7.89. The van der Waals surface area contributed by atoms with Crippen LogP contribution in [0, 0.1) is 13.8 Å².